The van der Waals surface area contributed by atoms with E-state index in [1.54, 1.807) is 22.6 Å². The first kappa shape index (κ1) is 20.0. The number of anilines is 1. The first-order valence-corrected chi connectivity index (χ1v) is 11.0. The number of carbonyl (C=O) groups excluding carboxylic acids is 1. The summed E-state index contributed by atoms with van der Waals surface area (Å²) in [5, 5.41) is 9.74. The Morgan fingerprint density at radius 1 is 0.906 bits per heavy atom. The minimum atomic E-state index is -0.164. The van der Waals surface area contributed by atoms with Crippen LogP contribution in [0.1, 0.15) is 0 Å². The highest BCUT2D eigenvalue weighted by Crippen LogP contribution is 2.24. The molecule has 1 amide bonds. The van der Waals surface area contributed by atoms with Gasteiger partial charge in [0.25, 0.3) is 5.56 Å². The molecule has 0 aliphatic heterocycles. The third-order valence-corrected chi connectivity index (χ3v) is 6.17. The largest absolute Gasteiger partial charge is 0.315 e. The van der Waals surface area contributed by atoms with Gasteiger partial charge in [0.2, 0.25) is 11.7 Å². The maximum absolute atomic E-state index is 13.3. The van der Waals surface area contributed by atoms with Crippen LogP contribution >= 0.6 is 11.8 Å². The zero-order valence-electron chi connectivity index (χ0n) is 17.3. The van der Waals surface area contributed by atoms with Gasteiger partial charge in [-0.25, -0.2) is 4.57 Å². The van der Waals surface area contributed by atoms with Gasteiger partial charge >= 0.3 is 0 Å². The summed E-state index contributed by atoms with van der Waals surface area (Å²) in [7, 11) is 1.75. The highest BCUT2D eigenvalue weighted by Gasteiger charge is 2.19. The molecule has 158 valence electrons. The first-order valence-electron chi connectivity index (χ1n) is 10.0. The normalized spacial score (nSPS) is 11.2. The van der Waals surface area contributed by atoms with Crippen molar-refractivity contribution in [3.63, 3.8) is 0 Å². The average molecular weight is 442 g/mol. The minimum Gasteiger partial charge on any atom is -0.315 e. The molecule has 3 aromatic carbocycles. The summed E-state index contributed by atoms with van der Waals surface area (Å²) in [6.07, 6.45) is 0. The number of hydrogen-bond acceptors (Lipinski definition) is 5. The maximum Gasteiger partial charge on any atom is 0.267 e. The van der Waals surface area contributed by atoms with Gasteiger partial charge in [-0.3, -0.25) is 14.0 Å². The second-order valence-corrected chi connectivity index (χ2v) is 8.13. The van der Waals surface area contributed by atoms with Crippen molar-refractivity contribution in [2.45, 2.75) is 5.16 Å². The number of para-hydroxylation sites is 3. The van der Waals surface area contributed by atoms with Gasteiger partial charge in [-0.15, -0.1) is 10.2 Å². The number of fused-ring (bicyclic) bond motifs is 3. The van der Waals surface area contributed by atoms with Gasteiger partial charge in [-0.1, -0.05) is 60.3 Å². The zero-order valence-corrected chi connectivity index (χ0v) is 18.1. The molecular weight excluding hydrogens is 422 g/mol. The van der Waals surface area contributed by atoms with Crippen molar-refractivity contribution < 1.29 is 4.79 Å². The molecule has 2 heterocycles. The van der Waals surface area contributed by atoms with E-state index in [2.05, 4.69) is 10.2 Å². The Kier molecular flexibility index (Phi) is 5.20. The van der Waals surface area contributed by atoms with Crippen LogP contribution < -0.4 is 10.5 Å². The summed E-state index contributed by atoms with van der Waals surface area (Å²) in [6.45, 7) is 0. The fourth-order valence-corrected chi connectivity index (χ4v) is 4.45. The SMILES string of the molecule is CN(C(=O)CSc1nnc2n(-c3ccccc3)c(=O)c3ccccc3n12)c1ccccc1. The molecule has 0 saturated carbocycles. The van der Waals surface area contributed by atoms with Crippen LogP contribution in [0.3, 0.4) is 0 Å². The lowest BCUT2D eigenvalue weighted by Gasteiger charge is -2.16. The van der Waals surface area contributed by atoms with E-state index in [1.807, 2.05) is 83.3 Å². The van der Waals surface area contributed by atoms with Crippen LogP contribution in [0, 0.1) is 0 Å². The molecule has 32 heavy (non-hydrogen) atoms. The van der Waals surface area contributed by atoms with Crippen LogP contribution in [-0.4, -0.2) is 37.9 Å². The van der Waals surface area contributed by atoms with Crippen molar-refractivity contribution in [3.8, 4) is 5.69 Å². The van der Waals surface area contributed by atoms with E-state index < -0.39 is 0 Å². The van der Waals surface area contributed by atoms with E-state index in [0.29, 0.717) is 27.5 Å². The summed E-state index contributed by atoms with van der Waals surface area (Å²) in [4.78, 5) is 27.7. The first-order chi connectivity index (χ1) is 15.6. The maximum atomic E-state index is 13.3. The molecule has 5 aromatic rings. The summed E-state index contributed by atoms with van der Waals surface area (Å²) < 4.78 is 3.39. The van der Waals surface area contributed by atoms with E-state index in [1.165, 1.54) is 11.8 Å². The molecule has 0 unspecified atom stereocenters. The lowest BCUT2D eigenvalue weighted by atomic mass is 10.2. The number of aromatic nitrogens is 4. The Bertz CT molecular complexity index is 1480. The Morgan fingerprint density at radius 3 is 2.31 bits per heavy atom. The quantitative estimate of drug-likeness (QED) is 0.388. The molecular formula is C24H19N5O2S. The molecule has 0 aliphatic carbocycles. The minimum absolute atomic E-state index is 0.0568. The predicted octanol–water partition coefficient (Wildman–Crippen LogP) is 3.79. The lowest BCUT2D eigenvalue weighted by Crippen LogP contribution is -2.28. The van der Waals surface area contributed by atoms with E-state index in [9.17, 15) is 9.59 Å². The molecule has 5 rings (SSSR count). The Hall–Kier alpha value is -3.91. The van der Waals surface area contributed by atoms with Crippen LogP contribution in [0.15, 0.2) is 94.9 Å². The highest BCUT2D eigenvalue weighted by atomic mass is 32.2. The number of amides is 1. The van der Waals surface area contributed by atoms with Crippen LogP contribution in [0.5, 0.6) is 0 Å². The topological polar surface area (TPSA) is 72.5 Å². The van der Waals surface area contributed by atoms with Gasteiger partial charge in [-0.05, 0) is 36.4 Å². The molecule has 0 saturated heterocycles. The van der Waals surface area contributed by atoms with E-state index >= 15 is 0 Å². The lowest BCUT2D eigenvalue weighted by molar-refractivity contribution is -0.115. The van der Waals surface area contributed by atoms with Crippen molar-refractivity contribution in [2.75, 3.05) is 17.7 Å². The highest BCUT2D eigenvalue weighted by molar-refractivity contribution is 7.99. The van der Waals surface area contributed by atoms with Gasteiger partial charge in [0.15, 0.2) is 5.16 Å². The van der Waals surface area contributed by atoms with E-state index in [4.69, 9.17) is 0 Å². The third kappa shape index (κ3) is 3.44. The van der Waals surface area contributed by atoms with Crippen molar-refractivity contribution >= 4 is 40.0 Å². The van der Waals surface area contributed by atoms with Crippen molar-refractivity contribution in [2.24, 2.45) is 0 Å². The summed E-state index contributed by atoms with van der Waals surface area (Å²) >= 11 is 1.30. The van der Waals surface area contributed by atoms with Crippen molar-refractivity contribution in [3.05, 3.63) is 95.3 Å². The molecule has 0 atom stereocenters. The van der Waals surface area contributed by atoms with Crippen LogP contribution in [0.2, 0.25) is 0 Å². The van der Waals surface area contributed by atoms with Crippen molar-refractivity contribution in [1.29, 1.82) is 0 Å². The van der Waals surface area contributed by atoms with Gasteiger partial charge in [0.1, 0.15) is 0 Å². The zero-order chi connectivity index (χ0) is 22.1. The Balaban J connectivity index is 1.58. The number of nitrogens with zero attached hydrogens (tertiary/aromatic N) is 5. The van der Waals surface area contributed by atoms with Gasteiger partial charge in [0.05, 0.1) is 22.3 Å². The van der Waals surface area contributed by atoms with Gasteiger partial charge in [-0.2, -0.15) is 0 Å². The number of hydrogen-bond donors (Lipinski definition) is 0. The van der Waals surface area contributed by atoms with E-state index in [-0.39, 0.29) is 17.2 Å². The molecule has 0 bridgehead atoms. The number of thioether (sulfide) groups is 1. The molecule has 0 radical (unpaired) electrons. The molecule has 0 spiro atoms. The fourth-order valence-electron chi connectivity index (χ4n) is 3.60. The fraction of sp³-hybridized carbons (Fsp3) is 0.0833. The summed E-state index contributed by atoms with van der Waals surface area (Å²) in [5.41, 5.74) is 2.07. The summed E-state index contributed by atoms with van der Waals surface area (Å²) in [6, 6.07) is 26.2. The second-order valence-electron chi connectivity index (χ2n) is 7.19. The molecule has 7 nitrogen and oxygen atoms in total. The predicted molar refractivity (Wildman–Crippen MR) is 127 cm³/mol. The van der Waals surface area contributed by atoms with Crippen molar-refractivity contribution in [1.82, 2.24) is 19.2 Å². The summed E-state index contributed by atoms with van der Waals surface area (Å²) in [5.74, 6) is 0.537. The van der Waals surface area contributed by atoms with Crippen LogP contribution in [-0.2, 0) is 4.79 Å². The molecule has 8 heteroatoms. The van der Waals surface area contributed by atoms with Crippen LogP contribution in [0.4, 0.5) is 5.69 Å². The monoisotopic (exact) mass is 441 g/mol. The Labute approximate surface area is 187 Å². The molecule has 0 aliphatic rings. The van der Waals surface area contributed by atoms with Crippen LogP contribution in [0.25, 0.3) is 22.4 Å². The number of rotatable bonds is 5. The molecule has 2 aromatic heterocycles. The second kappa shape index (κ2) is 8.32. The number of benzene rings is 3. The number of carbonyl (C=O) groups is 1. The molecule has 0 N–H and O–H groups in total. The van der Waals surface area contributed by atoms with Gasteiger partial charge < -0.3 is 4.90 Å². The smallest absolute Gasteiger partial charge is 0.267 e. The average Bonchev–Trinajstić information content (AvgIpc) is 3.27. The van der Waals surface area contributed by atoms with Gasteiger partial charge in [0, 0.05) is 12.7 Å². The standard InChI is InChI=1S/C24H19N5O2S/c1-27(17-10-4-2-5-11-17)21(30)16-32-24-26-25-23-28(18-12-6-3-7-13-18)22(31)19-14-8-9-15-20(19)29(23)24/h2-15H,16H2,1H3. The van der Waals surface area contributed by atoms with E-state index in [0.717, 1.165) is 5.69 Å². The molecule has 0 fully saturated rings. The third-order valence-electron chi connectivity index (χ3n) is 5.25. The Morgan fingerprint density at radius 2 is 1.56 bits per heavy atom.